The third-order valence-electron chi connectivity index (χ3n) is 6.86. The minimum absolute atomic E-state index is 0.0883. The molecule has 0 radical (unpaired) electrons. The van der Waals surface area contributed by atoms with E-state index in [1.54, 1.807) is 6.20 Å². The van der Waals surface area contributed by atoms with Gasteiger partial charge in [0.15, 0.2) is 0 Å². The molecule has 3 aromatic rings. The number of nitrogens with one attached hydrogen (secondary N) is 2. The number of aromatic amines is 1. The van der Waals surface area contributed by atoms with Gasteiger partial charge in [-0.2, -0.15) is 0 Å². The molecule has 0 bridgehead atoms. The van der Waals surface area contributed by atoms with Crippen molar-refractivity contribution in [1.82, 2.24) is 20.2 Å². The molecule has 2 N–H and O–H groups in total. The normalized spacial score (nSPS) is 22.7. The van der Waals surface area contributed by atoms with Crippen molar-refractivity contribution in [3.8, 4) is 0 Å². The second kappa shape index (κ2) is 7.88. The molecule has 0 saturated heterocycles. The Balaban J connectivity index is 1.30. The maximum absolute atomic E-state index is 13.3. The van der Waals surface area contributed by atoms with Crippen LogP contribution in [0.2, 0.25) is 0 Å². The van der Waals surface area contributed by atoms with E-state index in [1.807, 2.05) is 18.2 Å². The van der Waals surface area contributed by atoms with E-state index in [0.29, 0.717) is 11.7 Å². The Kier molecular flexibility index (Phi) is 5.07. The lowest BCUT2D eigenvalue weighted by molar-refractivity contribution is 0.0618. The highest BCUT2D eigenvalue weighted by Gasteiger charge is 2.46. The number of hydrogen-bond acceptors (Lipinski definition) is 3. The fourth-order valence-electron chi connectivity index (χ4n) is 5.16. The van der Waals surface area contributed by atoms with Gasteiger partial charge in [-0.1, -0.05) is 30.3 Å². The highest BCUT2D eigenvalue weighted by molar-refractivity contribution is 5.97. The Bertz CT molecular complexity index is 991. The molecular formula is C25H30N4O. The second-order valence-corrected chi connectivity index (χ2v) is 8.82. The van der Waals surface area contributed by atoms with Crippen LogP contribution in [0.15, 0.2) is 54.7 Å². The van der Waals surface area contributed by atoms with Crippen LogP contribution in [-0.2, 0) is 5.54 Å². The van der Waals surface area contributed by atoms with Gasteiger partial charge in [0.05, 0.1) is 11.0 Å². The van der Waals surface area contributed by atoms with Crippen molar-refractivity contribution in [2.75, 3.05) is 6.54 Å². The summed E-state index contributed by atoms with van der Waals surface area (Å²) in [7, 11) is 0. The van der Waals surface area contributed by atoms with Gasteiger partial charge in [0.1, 0.15) is 5.69 Å². The molecule has 2 aromatic heterocycles. The number of fused-ring (bicyclic) bond motifs is 1. The Morgan fingerprint density at radius 2 is 2.03 bits per heavy atom. The molecule has 1 unspecified atom stereocenters. The number of rotatable bonds is 6. The Labute approximate surface area is 177 Å². The van der Waals surface area contributed by atoms with Gasteiger partial charge in [-0.25, -0.2) is 0 Å². The molecule has 0 spiro atoms. The predicted octanol–water partition coefficient (Wildman–Crippen LogP) is 4.62. The molecule has 2 aliphatic carbocycles. The Hall–Kier alpha value is -2.66. The number of H-pyrrole nitrogens is 1. The zero-order valence-corrected chi connectivity index (χ0v) is 17.6. The summed E-state index contributed by atoms with van der Waals surface area (Å²) in [5, 5.41) is 3.98. The molecule has 30 heavy (non-hydrogen) atoms. The number of carbonyl (C=O) groups is 1. The first kappa shape index (κ1) is 19.3. The maximum atomic E-state index is 13.3. The third-order valence-corrected chi connectivity index (χ3v) is 6.86. The summed E-state index contributed by atoms with van der Waals surface area (Å²) >= 11 is 0. The summed E-state index contributed by atoms with van der Waals surface area (Å²) in [6.07, 6.45) is 8.62. The van der Waals surface area contributed by atoms with E-state index in [9.17, 15) is 4.79 Å². The van der Waals surface area contributed by atoms with Crippen LogP contribution < -0.4 is 5.32 Å². The van der Waals surface area contributed by atoms with Crippen molar-refractivity contribution in [2.24, 2.45) is 0 Å². The molecule has 5 heteroatoms. The van der Waals surface area contributed by atoms with Gasteiger partial charge < -0.3 is 15.2 Å². The van der Waals surface area contributed by atoms with Crippen LogP contribution in [0.4, 0.5) is 0 Å². The van der Waals surface area contributed by atoms with Crippen LogP contribution in [0.25, 0.3) is 11.0 Å². The number of amides is 1. The van der Waals surface area contributed by atoms with E-state index in [2.05, 4.69) is 57.4 Å². The summed E-state index contributed by atoms with van der Waals surface area (Å²) in [5.41, 5.74) is 3.96. The van der Waals surface area contributed by atoms with E-state index >= 15 is 0 Å². The molecular weight excluding hydrogens is 372 g/mol. The lowest BCUT2D eigenvalue weighted by Crippen LogP contribution is -2.49. The van der Waals surface area contributed by atoms with E-state index in [-0.39, 0.29) is 17.5 Å². The smallest absolute Gasteiger partial charge is 0.270 e. The predicted molar refractivity (Wildman–Crippen MR) is 119 cm³/mol. The molecule has 2 fully saturated rings. The average Bonchev–Trinajstić information content (AvgIpc) is 3.43. The average molecular weight is 403 g/mol. The van der Waals surface area contributed by atoms with Crippen molar-refractivity contribution >= 4 is 16.9 Å². The molecule has 5 rings (SSSR count). The Morgan fingerprint density at radius 3 is 2.77 bits per heavy atom. The number of nitrogens with zero attached hydrogens (tertiary/aromatic N) is 2. The molecule has 5 nitrogen and oxygen atoms in total. The fraction of sp³-hybridized carbons (Fsp3) is 0.440. The van der Waals surface area contributed by atoms with Crippen molar-refractivity contribution in [2.45, 2.75) is 63.1 Å². The minimum Gasteiger partial charge on any atom is -0.349 e. The molecule has 2 atom stereocenters. The Morgan fingerprint density at radius 1 is 1.20 bits per heavy atom. The lowest BCUT2D eigenvalue weighted by atomic mass is 9.88. The summed E-state index contributed by atoms with van der Waals surface area (Å²) in [4.78, 5) is 23.0. The van der Waals surface area contributed by atoms with Crippen molar-refractivity contribution in [3.05, 3.63) is 66.0 Å². The SMILES string of the molecule is CCN(C(=O)c1cc2ncccc2[nH]1)C1CCC[C@H](NC2(c3ccccc3)CC2)C1. The highest BCUT2D eigenvalue weighted by Crippen LogP contribution is 2.46. The highest BCUT2D eigenvalue weighted by atomic mass is 16.2. The van der Waals surface area contributed by atoms with Gasteiger partial charge >= 0.3 is 0 Å². The van der Waals surface area contributed by atoms with Gasteiger partial charge in [0.2, 0.25) is 0 Å². The van der Waals surface area contributed by atoms with E-state index in [0.717, 1.165) is 36.8 Å². The van der Waals surface area contributed by atoms with Crippen molar-refractivity contribution < 1.29 is 4.79 Å². The van der Waals surface area contributed by atoms with Crippen LogP contribution in [-0.4, -0.2) is 39.4 Å². The van der Waals surface area contributed by atoms with Crippen molar-refractivity contribution in [1.29, 1.82) is 0 Å². The molecule has 0 aliphatic heterocycles. The summed E-state index contributed by atoms with van der Waals surface area (Å²) in [5.74, 6) is 0.0883. The lowest BCUT2D eigenvalue weighted by Gasteiger charge is -2.38. The van der Waals surface area contributed by atoms with Gasteiger partial charge in [-0.3, -0.25) is 9.78 Å². The number of aromatic nitrogens is 2. The summed E-state index contributed by atoms with van der Waals surface area (Å²) < 4.78 is 0. The minimum atomic E-state index is 0.0883. The van der Waals surface area contributed by atoms with Crippen LogP contribution in [0.5, 0.6) is 0 Å². The van der Waals surface area contributed by atoms with E-state index in [4.69, 9.17) is 0 Å². The molecule has 2 saturated carbocycles. The first-order valence-corrected chi connectivity index (χ1v) is 11.3. The zero-order valence-electron chi connectivity index (χ0n) is 17.6. The second-order valence-electron chi connectivity index (χ2n) is 8.82. The van der Waals surface area contributed by atoms with Crippen LogP contribution in [0, 0.1) is 0 Å². The summed E-state index contributed by atoms with van der Waals surface area (Å²) in [6, 6.07) is 17.3. The van der Waals surface area contributed by atoms with Gasteiger partial charge in [-0.05, 0) is 69.2 Å². The quantitative estimate of drug-likeness (QED) is 0.633. The maximum Gasteiger partial charge on any atom is 0.270 e. The monoisotopic (exact) mass is 402 g/mol. The van der Waals surface area contributed by atoms with Crippen molar-refractivity contribution in [3.63, 3.8) is 0 Å². The zero-order chi connectivity index (χ0) is 20.6. The number of benzene rings is 1. The first-order chi connectivity index (χ1) is 14.7. The fourth-order valence-corrected chi connectivity index (χ4v) is 5.16. The number of hydrogen-bond donors (Lipinski definition) is 2. The standard InChI is InChI=1S/C25H30N4O/c1-2-29(24(30)23-17-22-21(27-23)12-7-15-26-22)20-11-6-10-19(16-20)28-25(13-14-25)18-8-4-3-5-9-18/h3-5,7-9,12,15,17,19-20,27-28H,2,6,10-11,13-14,16H2,1H3/t19-,20?/m0/s1. The van der Waals surface area contributed by atoms with Gasteiger partial charge in [0, 0.05) is 30.4 Å². The van der Waals surface area contributed by atoms with Gasteiger partial charge in [-0.15, -0.1) is 0 Å². The topological polar surface area (TPSA) is 61.0 Å². The molecule has 1 amide bonds. The number of carbonyl (C=O) groups excluding carboxylic acids is 1. The molecule has 2 heterocycles. The molecule has 2 aliphatic rings. The molecule has 156 valence electrons. The summed E-state index contributed by atoms with van der Waals surface area (Å²) in [6.45, 7) is 2.81. The van der Waals surface area contributed by atoms with Crippen LogP contribution in [0.3, 0.4) is 0 Å². The van der Waals surface area contributed by atoms with E-state index in [1.165, 1.54) is 24.8 Å². The third kappa shape index (κ3) is 3.63. The first-order valence-electron chi connectivity index (χ1n) is 11.3. The van der Waals surface area contributed by atoms with E-state index < -0.39 is 0 Å². The van der Waals surface area contributed by atoms with Crippen LogP contribution in [0.1, 0.15) is 61.5 Å². The van der Waals surface area contributed by atoms with Gasteiger partial charge in [0.25, 0.3) is 5.91 Å². The number of pyridine rings is 1. The largest absolute Gasteiger partial charge is 0.349 e. The van der Waals surface area contributed by atoms with Crippen LogP contribution >= 0.6 is 0 Å². The molecule has 1 aromatic carbocycles.